The van der Waals surface area contributed by atoms with E-state index in [2.05, 4.69) is 6.92 Å². The van der Waals surface area contributed by atoms with Gasteiger partial charge in [0.2, 0.25) is 0 Å². The number of hydrogen-bond donors (Lipinski definition) is 0. The quantitative estimate of drug-likeness (QED) is 0.784. The molecule has 20 heavy (non-hydrogen) atoms. The third kappa shape index (κ3) is 2.93. The van der Waals surface area contributed by atoms with Crippen molar-refractivity contribution >= 4 is 29.3 Å². The minimum absolute atomic E-state index is 0.0542. The lowest BCUT2D eigenvalue weighted by atomic mass is 10.1. The zero-order valence-corrected chi connectivity index (χ0v) is 13.1. The monoisotopic (exact) mass is 310 g/mol. The summed E-state index contributed by atoms with van der Waals surface area (Å²) in [6, 6.07) is 5.57. The van der Waals surface area contributed by atoms with Gasteiger partial charge in [-0.05, 0) is 18.2 Å². The first kappa shape index (κ1) is 14.1. The van der Waals surface area contributed by atoms with Crippen LogP contribution in [0.2, 0.25) is 0 Å². The fourth-order valence-electron chi connectivity index (χ4n) is 2.40. The summed E-state index contributed by atoms with van der Waals surface area (Å²) in [5.41, 5.74) is 0.737. The Hall–Kier alpha value is -0.810. The highest BCUT2D eigenvalue weighted by Gasteiger charge is 2.30. The van der Waals surface area contributed by atoms with Crippen molar-refractivity contribution in [1.82, 2.24) is 0 Å². The Morgan fingerprint density at radius 2 is 1.90 bits per heavy atom. The Morgan fingerprint density at radius 1 is 1.15 bits per heavy atom. The van der Waals surface area contributed by atoms with Crippen LogP contribution in [-0.2, 0) is 0 Å². The van der Waals surface area contributed by atoms with Gasteiger partial charge in [0, 0.05) is 28.7 Å². The van der Waals surface area contributed by atoms with Crippen molar-refractivity contribution in [2.45, 2.75) is 23.8 Å². The lowest BCUT2D eigenvalue weighted by Gasteiger charge is -2.26. The molecule has 0 amide bonds. The predicted octanol–water partition coefficient (Wildman–Crippen LogP) is 3.27. The van der Waals surface area contributed by atoms with Gasteiger partial charge in [0.25, 0.3) is 0 Å². The van der Waals surface area contributed by atoms with Gasteiger partial charge in [-0.3, -0.25) is 4.79 Å². The number of thioether (sulfide) groups is 2. The lowest BCUT2D eigenvalue weighted by molar-refractivity contribution is 0.0989. The third-order valence-electron chi connectivity index (χ3n) is 3.48. The first-order chi connectivity index (χ1) is 9.75. The maximum atomic E-state index is 12.7. The molecule has 1 aromatic rings. The van der Waals surface area contributed by atoms with Crippen LogP contribution in [0.3, 0.4) is 0 Å². The molecule has 1 saturated heterocycles. The molecule has 0 aromatic heterocycles. The van der Waals surface area contributed by atoms with Crippen LogP contribution in [-0.4, -0.2) is 41.0 Å². The second kappa shape index (κ2) is 6.31. The lowest BCUT2D eigenvalue weighted by Crippen LogP contribution is -2.31. The van der Waals surface area contributed by atoms with Crippen LogP contribution in [0.1, 0.15) is 23.7 Å². The van der Waals surface area contributed by atoms with E-state index in [9.17, 15) is 4.79 Å². The summed E-state index contributed by atoms with van der Waals surface area (Å²) in [6.07, 6.45) is 0.879. The number of benzene rings is 1. The highest BCUT2D eigenvalue weighted by atomic mass is 32.2. The number of Topliss-reactive ketones (excluding diaryl/α,β-unsaturated/α-hetero) is 1. The number of carbonyl (C=O) groups is 1. The number of rotatable bonds is 2. The van der Waals surface area contributed by atoms with E-state index in [0.29, 0.717) is 24.2 Å². The smallest absolute Gasteiger partial charge is 0.177 e. The van der Waals surface area contributed by atoms with E-state index >= 15 is 0 Å². The van der Waals surface area contributed by atoms with Gasteiger partial charge in [-0.1, -0.05) is 6.92 Å². The first-order valence-electron chi connectivity index (χ1n) is 6.93. The molecule has 2 unspecified atom stereocenters. The van der Waals surface area contributed by atoms with Crippen LogP contribution in [0.4, 0.5) is 0 Å². The van der Waals surface area contributed by atoms with E-state index in [1.807, 2.05) is 30.0 Å². The van der Waals surface area contributed by atoms with Gasteiger partial charge in [0.05, 0.1) is 18.5 Å². The Kier molecular flexibility index (Phi) is 4.46. The molecular formula is C15H18O3S2. The average molecular weight is 310 g/mol. The number of hydrogen-bond acceptors (Lipinski definition) is 5. The molecule has 108 valence electrons. The maximum Gasteiger partial charge on any atom is 0.177 e. The molecule has 1 aromatic carbocycles. The van der Waals surface area contributed by atoms with Crippen molar-refractivity contribution in [1.29, 1.82) is 0 Å². The molecule has 5 heteroatoms. The van der Waals surface area contributed by atoms with Gasteiger partial charge < -0.3 is 9.47 Å². The topological polar surface area (TPSA) is 35.5 Å². The van der Waals surface area contributed by atoms with Crippen LogP contribution in [0.25, 0.3) is 0 Å². The molecule has 2 heterocycles. The van der Waals surface area contributed by atoms with Crippen LogP contribution < -0.4 is 9.47 Å². The van der Waals surface area contributed by atoms with E-state index in [0.717, 1.165) is 29.2 Å². The van der Waals surface area contributed by atoms with Crippen LogP contribution in [0.15, 0.2) is 18.2 Å². The molecule has 2 atom stereocenters. The van der Waals surface area contributed by atoms with Gasteiger partial charge in [0.15, 0.2) is 17.3 Å². The molecule has 1 fully saturated rings. The van der Waals surface area contributed by atoms with Crippen molar-refractivity contribution in [2.75, 3.05) is 24.7 Å². The third-order valence-corrected chi connectivity index (χ3v) is 6.57. The second-order valence-electron chi connectivity index (χ2n) is 4.94. The summed E-state index contributed by atoms with van der Waals surface area (Å²) >= 11 is 3.66. The highest BCUT2D eigenvalue weighted by molar-refractivity contribution is 8.07. The molecular weight excluding hydrogens is 292 g/mol. The van der Waals surface area contributed by atoms with Gasteiger partial charge >= 0.3 is 0 Å². The van der Waals surface area contributed by atoms with E-state index in [-0.39, 0.29) is 11.0 Å². The van der Waals surface area contributed by atoms with Crippen LogP contribution in [0.5, 0.6) is 11.5 Å². The summed E-state index contributed by atoms with van der Waals surface area (Å²) < 4.78 is 11.3. The summed E-state index contributed by atoms with van der Waals surface area (Å²) in [7, 11) is 0. The summed E-state index contributed by atoms with van der Waals surface area (Å²) in [5, 5.41) is 0.427. The zero-order chi connectivity index (χ0) is 13.9. The zero-order valence-electron chi connectivity index (χ0n) is 11.5. The molecule has 0 bridgehead atoms. The highest BCUT2D eigenvalue weighted by Crippen LogP contribution is 2.35. The molecule has 0 saturated carbocycles. The van der Waals surface area contributed by atoms with E-state index in [1.165, 1.54) is 0 Å². The minimum atomic E-state index is 0.0542. The Bertz CT molecular complexity index is 504. The van der Waals surface area contributed by atoms with Gasteiger partial charge in [0.1, 0.15) is 0 Å². The van der Waals surface area contributed by atoms with Crippen LogP contribution in [0, 0.1) is 0 Å². The van der Waals surface area contributed by atoms with Gasteiger partial charge in [-0.25, -0.2) is 0 Å². The Balaban J connectivity index is 1.82. The SMILES string of the molecule is CC1SCCSC1C(=O)c1ccc2c(c1)OCCCO2. The molecule has 0 spiro atoms. The fraction of sp³-hybridized carbons (Fsp3) is 0.533. The largest absolute Gasteiger partial charge is 0.490 e. The Labute approximate surface area is 127 Å². The van der Waals surface area contributed by atoms with Crippen molar-refractivity contribution in [3.05, 3.63) is 23.8 Å². The number of ether oxygens (including phenoxy) is 2. The normalized spacial score (nSPS) is 25.9. The van der Waals surface area contributed by atoms with E-state index in [4.69, 9.17) is 9.47 Å². The van der Waals surface area contributed by atoms with Crippen molar-refractivity contribution < 1.29 is 14.3 Å². The molecule has 0 radical (unpaired) electrons. The maximum absolute atomic E-state index is 12.7. The summed E-state index contributed by atoms with van der Waals surface area (Å²) in [5.74, 6) is 3.85. The molecule has 2 aliphatic heterocycles. The van der Waals surface area contributed by atoms with Crippen LogP contribution >= 0.6 is 23.5 Å². The Morgan fingerprint density at radius 3 is 2.70 bits per heavy atom. The fourth-order valence-corrected chi connectivity index (χ4v) is 5.13. The minimum Gasteiger partial charge on any atom is -0.490 e. The van der Waals surface area contributed by atoms with Gasteiger partial charge in [-0.15, -0.1) is 11.8 Å². The number of ketones is 1. The number of fused-ring (bicyclic) bond motifs is 1. The molecule has 0 aliphatic carbocycles. The standard InChI is InChI=1S/C15H18O3S2/c1-10-15(20-8-7-19-10)14(16)11-3-4-12-13(9-11)18-6-2-5-17-12/h3-4,9-10,15H,2,5-8H2,1H3. The summed E-state index contributed by atoms with van der Waals surface area (Å²) in [6.45, 7) is 3.46. The van der Waals surface area contributed by atoms with Crippen molar-refractivity contribution in [3.63, 3.8) is 0 Å². The molecule has 2 aliphatic rings. The van der Waals surface area contributed by atoms with E-state index in [1.54, 1.807) is 11.8 Å². The van der Waals surface area contributed by atoms with Gasteiger partial charge in [-0.2, -0.15) is 11.8 Å². The summed E-state index contributed by atoms with van der Waals surface area (Å²) in [4.78, 5) is 12.7. The number of carbonyl (C=O) groups excluding carboxylic acids is 1. The molecule has 0 N–H and O–H groups in total. The first-order valence-corrected chi connectivity index (χ1v) is 9.02. The predicted molar refractivity (Wildman–Crippen MR) is 84.5 cm³/mol. The molecule has 3 rings (SSSR count). The molecule has 3 nitrogen and oxygen atoms in total. The average Bonchev–Trinajstić information content (AvgIpc) is 2.71. The van der Waals surface area contributed by atoms with E-state index < -0.39 is 0 Å². The van der Waals surface area contributed by atoms with Crippen molar-refractivity contribution in [3.8, 4) is 11.5 Å². The second-order valence-corrected chi connectivity index (χ2v) is 7.68. The van der Waals surface area contributed by atoms with Crippen molar-refractivity contribution in [2.24, 2.45) is 0 Å².